The molecule has 0 fully saturated rings. The van der Waals surface area contributed by atoms with E-state index in [1.165, 1.54) is 0 Å². The summed E-state index contributed by atoms with van der Waals surface area (Å²) in [4.78, 5) is 16.5. The maximum atomic E-state index is 8.24. The van der Waals surface area contributed by atoms with Crippen LogP contribution in [0.4, 0.5) is 0 Å². The third kappa shape index (κ3) is 31.3. The van der Waals surface area contributed by atoms with E-state index in [0.29, 0.717) is 12.2 Å². The van der Waals surface area contributed by atoms with Crippen LogP contribution in [0, 0.1) is 12.2 Å². The van der Waals surface area contributed by atoms with E-state index >= 15 is 0 Å². The second-order valence-electron chi connectivity index (χ2n) is 2.19. The molecule has 2 aliphatic rings. The summed E-state index contributed by atoms with van der Waals surface area (Å²) >= 11 is 0. The predicted molar refractivity (Wildman–Crippen MR) is 61.2 cm³/mol. The molecule has 0 saturated heterocycles. The summed E-state index contributed by atoms with van der Waals surface area (Å²) in [6.45, 7) is 0. The average molecular weight is 393 g/mol. The number of nitrogens with zero attached hydrogens (tertiary/aromatic N) is 2. The number of allylic oxidation sites excluding steroid dienone is 8. The quantitative estimate of drug-likeness (QED) is 0.274. The van der Waals surface area contributed by atoms with Crippen LogP contribution in [0.15, 0.2) is 36.5 Å². The smallest absolute Gasteiger partial charge is 0.724 e. The zero-order valence-electron chi connectivity index (χ0n) is 9.09. The minimum Gasteiger partial charge on any atom is -0.724 e. The molecule has 0 atom stereocenters. The van der Waals surface area contributed by atoms with E-state index in [0.717, 1.165) is 12.8 Å². The molecule has 17 heavy (non-hydrogen) atoms. The zero-order chi connectivity index (χ0) is 12.5. The molecule has 0 aliphatic heterocycles. The van der Waals surface area contributed by atoms with Gasteiger partial charge in [-0.15, -0.1) is 12.8 Å². The van der Waals surface area contributed by atoms with Gasteiger partial charge >= 0.3 is 25.8 Å². The normalized spacial score (nSPS) is 11.3. The maximum absolute atomic E-state index is 8.24. The Labute approximate surface area is 120 Å². The van der Waals surface area contributed by atoms with Crippen molar-refractivity contribution >= 4 is 12.2 Å². The van der Waals surface area contributed by atoms with E-state index in [1.54, 1.807) is 0 Å². The molecule has 0 spiro atoms. The molecular formula is C12H10HfN2O2. The van der Waals surface area contributed by atoms with Crippen molar-refractivity contribution in [3.8, 4) is 0 Å². The summed E-state index contributed by atoms with van der Waals surface area (Å²) in [5.41, 5.74) is 0. The van der Waals surface area contributed by atoms with E-state index in [-0.39, 0.29) is 25.8 Å². The van der Waals surface area contributed by atoms with Crippen LogP contribution >= 0.6 is 0 Å². The van der Waals surface area contributed by atoms with Crippen LogP contribution in [0.5, 0.6) is 0 Å². The Kier molecular flexibility index (Phi) is 29.6. The van der Waals surface area contributed by atoms with Crippen LogP contribution in [0.25, 0.3) is 10.8 Å². The SMILES string of the molecule is [C-]1=CC=CC1.[C-]1=CC=CC1.[Hf+4].[N-]=C=O.[N-]=C=O. The minimum absolute atomic E-state index is 0. The summed E-state index contributed by atoms with van der Waals surface area (Å²) in [5.74, 6) is 0. The standard InChI is InChI=1S/2C5H5.2CNO.Hf/c2*1-2-4-5-3-1;2*2-1-3;/h2*1-3H,4H2;;;/q4*-1;+4. The molecule has 84 valence electrons. The van der Waals surface area contributed by atoms with Gasteiger partial charge in [0.05, 0.1) is 0 Å². The van der Waals surface area contributed by atoms with Crippen molar-refractivity contribution < 1.29 is 35.4 Å². The Hall–Kier alpha value is -1.41. The molecular weight excluding hydrogens is 383 g/mol. The van der Waals surface area contributed by atoms with Gasteiger partial charge in [-0.2, -0.15) is 12.2 Å². The van der Waals surface area contributed by atoms with Gasteiger partial charge in [0.2, 0.25) is 0 Å². The van der Waals surface area contributed by atoms with Gasteiger partial charge in [0, 0.05) is 0 Å². The van der Waals surface area contributed by atoms with Crippen LogP contribution in [0.3, 0.4) is 0 Å². The number of hydrogen-bond donors (Lipinski definition) is 0. The maximum Gasteiger partial charge on any atom is 4.00 e. The van der Waals surface area contributed by atoms with Gasteiger partial charge in [-0.1, -0.05) is 0 Å². The van der Waals surface area contributed by atoms with Crippen molar-refractivity contribution in [2.75, 3.05) is 0 Å². The van der Waals surface area contributed by atoms with E-state index in [2.05, 4.69) is 24.3 Å². The molecule has 5 heteroatoms. The minimum atomic E-state index is 0. The van der Waals surface area contributed by atoms with Crippen LogP contribution < -0.4 is 0 Å². The van der Waals surface area contributed by atoms with Crippen LogP contribution in [-0.4, -0.2) is 12.2 Å². The molecule has 2 rings (SSSR count). The number of isocyanates is 2. The summed E-state index contributed by atoms with van der Waals surface area (Å²) in [5, 5.41) is 13.5. The van der Waals surface area contributed by atoms with Crippen molar-refractivity contribution in [2.24, 2.45) is 0 Å². The van der Waals surface area contributed by atoms with E-state index in [9.17, 15) is 0 Å². The Morgan fingerprint density at radius 3 is 1.24 bits per heavy atom. The predicted octanol–water partition coefficient (Wildman–Crippen LogP) is 2.39. The van der Waals surface area contributed by atoms with Gasteiger partial charge in [-0.3, -0.25) is 21.7 Å². The second-order valence-corrected chi connectivity index (χ2v) is 2.19. The molecule has 0 saturated carbocycles. The molecule has 0 bridgehead atoms. The van der Waals surface area contributed by atoms with Crippen LogP contribution in [0.1, 0.15) is 12.8 Å². The summed E-state index contributed by atoms with van der Waals surface area (Å²) in [7, 11) is 0. The van der Waals surface area contributed by atoms with Gasteiger partial charge in [-0.25, -0.2) is 24.3 Å². The van der Waals surface area contributed by atoms with Crippen LogP contribution in [-0.2, 0) is 35.4 Å². The van der Waals surface area contributed by atoms with Crippen molar-refractivity contribution in [1.82, 2.24) is 0 Å². The molecule has 0 aromatic heterocycles. The van der Waals surface area contributed by atoms with Crippen LogP contribution in [0.2, 0.25) is 0 Å². The molecule has 0 aromatic carbocycles. The largest absolute Gasteiger partial charge is 4.00 e. The van der Waals surface area contributed by atoms with Gasteiger partial charge < -0.3 is 10.8 Å². The van der Waals surface area contributed by atoms with Gasteiger partial charge in [0.1, 0.15) is 0 Å². The van der Waals surface area contributed by atoms with Gasteiger partial charge in [0.25, 0.3) is 0 Å². The average Bonchev–Trinajstić information content (AvgIpc) is 3.00. The zero-order valence-corrected chi connectivity index (χ0v) is 12.7. The van der Waals surface area contributed by atoms with Crippen molar-refractivity contribution in [3.05, 3.63) is 59.4 Å². The topological polar surface area (TPSA) is 78.7 Å². The van der Waals surface area contributed by atoms with Gasteiger partial charge in [0.15, 0.2) is 0 Å². The number of rotatable bonds is 0. The molecule has 0 heterocycles. The molecule has 4 nitrogen and oxygen atoms in total. The summed E-state index contributed by atoms with van der Waals surface area (Å²) < 4.78 is 0. The van der Waals surface area contributed by atoms with E-state index in [1.807, 2.05) is 24.3 Å². The first kappa shape index (κ1) is 20.9. The Bertz CT molecular complexity index is 278. The number of hydrogen-bond acceptors (Lipinski definition) is 2. The molecule has 0 radical (unpaired) electrons. The fourth-order valence-electron chi connectivity index (χ4n) is 0.680. The second kappa shape index (κ2) is 24.0. The van der Waals surface area contributed by atoms with E-state index in [4.69, 9.17) is 20.4 Å². The van der Waals surface area contributed by atoms with Crippen molar-refractivity contribution in [3.63, 3.8) is 0 Å². The summed E-state index contributed by atoms with van der Waals surface area (Å²) in [6, 6.07) is 0. The third-order valence-corrected chi connectivity index (χ3v) is 1.17. The first-order valence-corrected chi connectivity index (χ1v) is 4.29. The Morgan fingerprint density at radius 1 is 0.882 bits per heavy atom. The first-order valence-electron chi connectivity index (χ1n) is 4.29. The summed E-state index contributed by atoms with van der Waals surface area (Å²) in [6.07, 6.45) is 21.0. The monoisotopic (exact) mass is 394 g/mol. The fraction of sp³-hybridized carbons (Fsp3) is 0.167. The van der Waals surface area contributed by atoms with Crippen molar-refractivity contribution in [1.29, 1.82) is 0 Å². The van der Waals surface area contributed by atoms with Gasteiger partial charge in [-0.05, 0) is 12.2 Å². The van der Waals surface area contributed by atoms with Crippen molar-refractivity contribution in [2.45, 2.75) is 12.8 Å². The third-order valence-electron chi connectivity index (χ3n) is 1.17. The first-order chi connectivity index (χ1) is 7.83. The Morgan fingerprint density at radius 2 is 1.18 bits per heavy atom. The molecule has 0 N–H and O–H groups in total. The fourth-order valence-corrected chi connectivity index (χ4v) is 0.680. The molecule has 0 unspecified atom stereocenters. The Balaban J connectivity index is -0.000000157. The van der Waals surface area contributed by atoms with E-state index < -0.39 is 0 Å². The molecule has 2 aliphatic carbocycles. The number of carbonyl (C=O) groups excluding carboxylic acids is 2. The molecule has 0 amide bonds. The molecule has 0 aromatic rings.